The van der Waals surface area contributed by atoms with Crippen molar-refractivity contribution in [2.24, 2.45) is 11.7 Å². The van der Waals surface area contributed by atoms with Crippen LogP contribution >= 0.6 is 0 Å². The zero-order valence-electron chi connectivity index (χ0n) is 9.25. The SMILES string of the molecule is NCCCCN1CCCC2CCCC21. The molecule has 2 rings (SSSR count). The Morgan fingerprint density at radius 2 is 1.93 bits per heavy atom. The van der Waals surface area contributed by atoms with Gasteiger partial charge in [-0.3, -0.25) is 0 Å². The number of nitrogens with two attached hydrogens (primary N) is 1. The summed E-state index contributed by atoms with van der Waals surface area (Å²) >= 11 is 0. The quantitative estimate of drug-likeness (QED) is 0.697. The van der Waals surface area contributed by atoms with Crippen molar-refractivity contribution in [2.45, 2.75) is 51.0 Å². The van der Waals surface area contributed by atoms with E-state index < -0.39 is 0 Å². The van der Waals surface area contributed by atoms with Crippen LogP contribution in [-0.4, -0.2) is 30.6 Å². The van der Waals surface area contributed by atoms with Crippen molar-refractivity contribution in [2.75, 3.05) is 19.6 Å². The molecule has 0 aromatic heterocycles. The van der Waals surface area contributed by atoms with E-state index in [-0.39, 0.29) is 0 Å². The van der Waals surface area contributed by atoms with Gasteiger partial charge < -0.3 is 10.6 Å². The van der Waals surface area contributed by atoms with E-state index in [0.717, 1.165) is 18.5 Å². The van der Waals surface area contributed by atoms with Gasteiger partial charge in [0.15, 0.2) is 0 Å². The van der Waals surface area contributed by atoms with Gasteiger partial charge in [-0.1, -0.05) is 6.42 Å². The van der Waals surface area contributed by atoms with Crippen LogP contribution < -0.4 is 5.73 Å². The van der Waals surface area contributed by atoms with Gasteiger partial charge in [-0.25, -0.2) is 0 Å². The Balaban J connectivity index is 1.78. The lowest BCUT2D eigenvalue weighted by atomic mass is 9.92. The number of fused-ring (bicyclic) bond motifs is 1. The highest BCUT2D eigenvalue weighted by atomic mass is 15.2. The van der Waals surface area contributed by atoms with E-state index in [4.69, 9.17) is 5.73 Å². The molecule has 2 fully saturated rings. The fourth-order valence-electron chi connectivity index (χ4n) is 3.29. The molecule has 2 nitrogen and oxygen atoms in total. The summed E-state index contributed by atoms with van der Waals surface area (Å²) in [6, 6.07) is 0.946. The van der Waals surface area contributed by atoms with Crippen LogP contribution in [0.2, 0.25) is 0 Å². The zero-order valence-corrected chi connectivity index (χ0v) is 9.25. The molecule has 1 aliphatic heterocycles. The molecule has 0 aromatic rings. The van der Waals surface area contributed by atoms with E-state index in [1.165, 1.54) is 58.0 Å². The molecule has 0 spiro atoms. The molecule has 1 heterocycles. The normalized spacial score (nSPS) is 33.2. The molecule has 0 radical (unpaired) electrons. The summed E-state index contributed by atoms with van der Waals surface area (Å²) in [6.45, 7) is 3.52. The maximum atomic E-state index is 5.53. The number of rotatable bonds is 4. The Hall–Kier alpha value is -0.0800. The summed E-state index contributed by atoms with van der Waals surface area (Å²) in [6.07, 6.45) is 9.88. The van der Waals surface area contributed by atoms with Gasteiger partial charge in [0.1, 0.15) is 0 Å². The number of nitrogens with zero attached hydrogens (tertiary/aromatic N) is 1. The highest BCUT2D eigenvalue weighted by Gasteiger charge is 2.34. The fourth-order valence-corrected chi connectivity index (χ4v) is 3.29. The molecule has 0 aromatic carbocycles. The van der Waals surface area contributed by atoms with Crippen LogP contribution in [0.4, 0.5) is 0 Å². The Morgan fingerprint density at radius 3 is 2.79 bits per heavy atom. The molecule has 1 aliphatic carbocycles. The molecule has 2 heteroatoms. The van der Waals surface area contributed by atoms with Crippen LogP contribution in [0.3, 0.4) is 0 Å². The lowest BCUT2D eigenvalue weighted by Gasteiger charge is -2.37. The Morgan fingerprint density at radius 1 is 1.07 bits per heavy atom. The molecule has 1 saturated carbocycles. The minimum atomic E-state index is 0.863. The fraction of sp³-hybridized carbons (Fsp3) is 1.00. The van der Waals surface area contributed by atoms with Crippen molar-refractivity contribution in [1.29, 1.82) is 0 Å². The number of likely N-dealkylation sites (tertiary alicyclic amines) is 1. The van der Waals surface area contributed by atoms with Crippen molar-refractivity contribution in [3.8, 4) is 0 Å². The first-order valence-corrected chi connectivity index (χ1v) is 6.36. The summed E-state index contributed by atoms with van der Waals surface area (Å²) in [7, 11) is 0. The average Bonchev–Trinajstić information content (AvgIpc) is 2.67. The predicted octanol–water partition coefficient (Wildman–Crippen LogP) is 1.99. The number of piperidine rings is 1. The summed E-state index contributed by atoms with van der Waals surface area (Å²) in [5.41, 5.74) is 5.53. The molecule has 0 bridgehead atoms. The van der Waals surface area contributed by atoms with E-state index in [1.807, 2.05) is 0 Å². The molecular weight excluding hydrogens is 172 g/mol. The topological polar surface area (TPSA) is 29.3 Å². The first kappa shape index (κ1) is 10.4. The molecule has 82 valence electrons. The molecule has 0 amide bonds. The second-order valence-corrected chi connectivity index (χ2v) is 4.93. The first-order chi connectivity index (χ1) is 6.92. The number of hydrogen-bond acceptors (Lipinski definition) is 2. The number of hydrogen-bond donors (Lipinski definition) is 1. The number of unbranched alkanes of at least 4 members (excludes halogenated alkanes) is 1. The molecule has 14 heavy (non-hydrogen) atoms. The zero-order chi connectivity index (χ0) is 9.80. The van der Waals surface area contributed by atoms with Gasteiger partial charge in [0.2, 0.25) is 0 Å². The van der Waals surface area contributed by atoms with Crippen molar-refractivity contribution in [1.82, 2.24) is 4.90 Å². The van der Waals surface area contributed by atoms with Crippen molar-refractivity contribution < 1.29 is 0 Å². The summed E-state index contributed by atoms with van der Waals surface area (Å²) < 4.78 is 0. The van der Waals surface area contributed by atoms with Crippen LogP contribution in [0.1, 0.15) is 44.9 Å². The van der Waals surface area contributed by atoms with Crippen molar-refractivity contribution in [3.05, 3.63) is 0 Å². The highest BCUT2D eigenvalue weighted by Crippen LogP contribution is 2.36. The smallest absolute Gasteiger partial charge is 0.0123 e. The van der Waals surface area contributed by atoms with Gasteiger partial charge in [0, 0.05) is 6.04 Å². The van der Waals surface area contributed by atoms with Crippen LogP contribution in [0.15, 0.2) is 0 Å². The lowest BCUT2D eigenvalue weighted by Crippen LogP contribution is -2.42. The largest absolute Gasteiger partial charge is 0.330 e. The van der Waals surface area contributed by atoms with Gasteiger partial charge in [-0.2, -0.15) is 0 Å². The Bertz CT molecular complexity index is 170. The van der Waals surface area contributed by atoms with Crippen molar-refractivity contribution in [3.63, 3.8) is 0 Å². The molecular formula is C12H24N2. The highest BCUT2D eigenvalue weighted by molar-refractivity contribution is 4.88. The predicted molar refractivity (Wildman–Crippen MR) is 60.2 cm³/mol. The summed E-state index contributed by atoms with van der Waals surface area (Å²) in [5, 5.41) is 0. The molecule has 2 atom stereocenters. The van der Waals surface area contributed by atoms with Crippen LogP contribution in [0.5, 0.6) is 0 Å². The first-order valence-electron chi connectivity index (χ1n) is 6.36. The third-order valence-corrected chi connectivity index (χ3v) is 4.01. The summed E-state index contributed by atoms with van der Waals surface area (Å²) in [5.74, 6) is 1.04. The third-order valence-electron chi connectivity index (χ3n) is 4.01. The van der Waals surface area contributed by atoms with Gasteiger partial charge in [0.25, 0.3) is 0 Å². The third kappa shape index (κ3) is 2.29. The standard InChI is InChI=1S/C12H24N2/c13-8-1-2-9-14-10-4-6-11-5-3-7-12(11)14/h11-12H,1-10,13H2. The molecule has 2 unspecified atom stereocenters. The maximum Gasteiger partial charge on any atom is 0.0123 e. The minimum absolute atomic E-state index is 0.863. The van der Waals surface area contributed by atoms with Gasteiger partial charge >= 0.3 is 0 Å². The Labute approximate surface area is 87.8 Å². The monoisotopic (exact) mass is 196 g/mol. The lowest BCUT2D eigenvalue weighted by molar-refractivity contribution is 0.111. The molecule has 1 saturated heterocycles. The molecule has 2 aliphatic rings. The van der Waals surface area contributed by atoms with Gasteiger partial charge in [0.05, 0.1) is 0 Å². The van der Waals surface area contributed by atoms with E-state index >= 15 is 0 Å². The molecule has 2 N–H and O–H groups in total. The van der Waals surface area contributed by atoms with E-state index in [1.54, 1.807) is 0 Å². The average molecular weight is 196 g/mol. The second kappa shape index (κ2) is 5.13. The van der Waals surface area contributed by atoms with Crippen LogP contribution in [0, 0.1) is 5.92 Å². The van der Waals surface area contributed by atoms with E-state index in [9.17, 15) is 0 Å². The van der Waals surface area contributed by atoms with Crippen LogP contribution in [0.25, 0.3) is 0 Å². The van der Waals surface area contributed by atoms with E-state index in [2.05, 4.69) is 4.90 Å². The van der Waals surface area contributed by atoms with Crippen molar-refractivity contribution >= 4 is 0 Å². The maximum absolute atomic E-state index is 5.53. The minimum Gasteiger partial charge on any atom is -0.330 e. The van der Waals surface area contributed by atoms with Crippen LogP contribution in [-0.2, 0) is 0 Å². The van der Waals surface area contributed by atoms with Gasteiger partial charge in [-0.15, -0.1) is 0 Å². The summed E-state index contributed by atoms with van der Waals surface area (Å²) in [4.78, 5) is 2.75. The van der Waals surface area contributed by atoms with E-state index in [0.29, 0.717) is 0 Å². The van der Waals surface area contributed by atoms with Gasteiger partial charge in [-0.05, 0) is 64.1 Å². The Kier molecular flexibility index (Phi) is 3.82. The second-order valence-electron chi connectivity index (χ2n) is 4.93.